The summed E-state index contributed by atoms with van der Waals surface area (Å²) < 4.78 is 5.09. The van der Waals surface area contributed by atoms with Gasteiger partial charge in [-0.2, -0.15) is 4.98 Å². The number of aromatic carboxylic acids is 1. The molecule has 1 heterocycles. The molecule has 0 saturated carbocycles. The minimum atomic E-state index is -1.38. The van der Waals surface area contributed by atoms with Crippen molar-refractivity contribution < 1.29 is 24.2 Å². The summed E-state index contributed by atoms with van der Waals surface area (Å²) in [5.41, 5.74) is 1.35. The van der Waals surface area contributed by atoms with Crippen LogP contribution >= 0.6 is 0 Å². The van der Waals surface area contributed by atoms with Crippen LogP contribution in [-0.2, 0) is 16.0 Å². The van der Waals surface area contributed by atoms with Gasteiger partial charge < -0.3 is 15.2 Å². The quantitative estimate of drug-likeness (QED) is 0.382. The van der Waals surface area contributed by atoms with E-state index in [4.69, 9.17) is 9.84 Å². The van der Waals surface area contributed by atoms with Crippen molar-refractivity contribution in [1.29, 1.82) is 0 Å². The Morgan fingerprint density at radius 1 is 1.06 bits per heavy atom. The van der Waals surface area contributed by atoms with Gasteiger partial charge in [-0.15, -0.1) is 0 Å². The Hall–Kier alpha value is -4.27. The van der Waals surface area contributed by atoms with Gasteiger partial charge in [-0.1, -0.05) is 61.5 Å². The van der Waals surface area contributed by atoms with Crippen LogP contribution in [0.15, 0.2) is 65.5 Å². The van der Waals surface area contributed by atoms with Crippen LogP contribution in [0.2, 0.25) is 0 Å². The molecule has 35 heavy (non-hydrogen) atoms. The Bertz CT molecular complexity index is 1240. The van der Waals surface area contributed by atoms with Crippen LogP contribution in [0.5, 0.6) is 0 Å². The van der Waals surface area contributed by atoms with Gasteiger partial charge in [0, 0.05) is 12.1 Å². The van der Waals surface area contributed by atoms with Gasteiger partial charge in [0.15, 0.2) is 0 Å². The van der Waals surface area contributed by atoms with E-state index in [-0.39, 0.29) is 24.7 Å². The Kier molecular flexibility index (Phi) is 8.50. The highest BCUT2D eigenvalue weighted by Gasteiger charge is 2.23. The third kappa shape index (κ3) is 7.10. The predicted molar refractivity (Wildman–Crippen MR) is 129 cm³/mol. The van der Waals surface area contributed by atoms with Crippen LogP contribution in [-0.4, -0.2) is 45.6 Å². The lowest BCUT2D eigenvalue weighted by molar-refractivity contribution is -0.147. The van der Waals surface area contributed by atoms with Crippen molar-refractivity contribution in [3.05, 3.63) is 88.1 Å². The molecule has 0 radical (unpaired) electrons. The average molecular weight is 478 g/mol. The first-order valence-corrected chi connectivity index (χ1v) is 11.2. The summed E-state index contributed by atoms with van der Waals surface area (Å²) >= 11 is 0. The average Bonchev–Trinajstić information content (AvgIpc) is 2.84. The smallest absolute Gasteiger partial charge is 0.352 e. The minimum absolute atomic E-state index is 0.246. The van der Waals surface area contributed by atoms with E-state index < -0.39 is 35.2 Å². The van der Waals surface area contributed by atoms with Gasteiger partial charge in [0.25, 0.3) is 5.91 Å². The number of carbonyl (C=O) groups is 3. The SMILES string of the molecule is CCOC(=O)C(C)C[C@@H](Cc1ccc(-c2ccccc2)cc1)NC(=O)c1cc(C(=O)O)[nH]c(=O)n1. The van der Waals surface area contributed by atoms with Gasteiger partial charge in [-0.05, 0) is 36.5 Å². The summed E-state index contributed by atoms with van der Waals surface area (Å²) in [5, 5.41) is 11.9. The van der Waals surface area contributed by atoms with Crippen molar-refractivity contribution in [3.63, 3.8) is 0 Å². The number of benzene rings is 2. The second-order valence-electron chi connectivity index (χ2n) is 8.12. The lowest BCUT2D eigenvalue weighted by Crippen LogP contribution is -2.40. The summed E-state index contributed by atoms with van der Waals surface area (Å²) in [5.74, 6) is -2.97. The first kappa shape index (κ1) is 25.4. The second kappa shape index (κ2) is 11.7. The monoisotopic (exact) mass is 477 g/mol. The van der Waals surface area contributed by atoms with Crippen molar-refractivity contribution in [3.8, 4) is 11.1 Å². The lowest BCUT2D eigenvalue weighted by atomic mass is 9.94. The highest BCUT2D eigenvalue weighted by Crippen LogP contribution is 2.21. The zero-order valence-corrected chi connectivity index (χ0v) is 19.5. The summed E-state index contributed by atoms with van der Waals surface area (Å²) in [6, 6.07) is 18.3. The van der Waals surface area contributed by atoms with E-state index in [9.17, 15) is 19.2 Å². The number of esters is 1. The van der Waals surface area contributed by atoms with Crippen LogP contribution in [0.1, 0.15) is 46.8 Å². The van der Waals surface area contributed by atoms with Crippen LogP contribution in [0.4, 0.5) is 0 Å². The first-order chi connectivity index (χ1) is 16.8. The molecule has 0 aliphatic carbocycles. The molecule has 3 rings (SSSR count). The third-order valence-electron chi connectivity index (χ3n) is 5.41. The number of nitrogens with zero attached hydrogens (tertiary/aromatic N) is 1. The van der Waals surface area contributed by atoms with E-state index in [0.717, 1.165) is 22.8 Å². The summed E-state index contributed by atoms with van der Waals surface area (Å²) in [7, 11) is 0. The molecule has 2 aromatic carbocycles. The number of hydrogen-bond acceptors (Lipinski definition) is 6. The van der Waals surface area contributed by atoms with Crippen LogP contribution in [0.25, 0.3) is 11.1 Å². The molecular weight excluding hydrogens is 450 g/mol. The number of carboxylic acid groups (broad SMARTS) is 1. The van der Waals surface area contributed by atoms with Crippen LogP contribution in [0, 0.1) is 5.92 Å². The summed E-state index contributed by atoms with van der Waals surface area (Å²) in [4.78, 5) is 53.6. The fraction of sp³-hybridized carbons (Fsp3) is 0.269. The summed E-state index contributed by atoms with van der Waals surface area (Å²) in [6.45, 7) is 3.68. The number of amides is 1. The number of rotatable bonds is 10. The number of hydrogen-bond donors (Lipinski definition) is 3. The van der Waals surface area contributed by atoms with E-state index in [2.05, 4.69) is 15.3 Å². The van der Waals surface area contributed by atoms with Crippen LogP contribution < -0.4 is 11.0 Å². The molecule has 0 fully saturated rings. The number of aromatic amines is 1. The second-order valence-corrected chi connectivity index (χ2v) is 8.12. The molecule has 2 atom stereocenters. The highest BCUT2D eigenvalue weighted by molar-refractivity contribution is 5.95. The van der Waals surface area contributed by atoms with E-state index in [1.54, 1.807) is 13.8 Å². The number of H-pyrrole nitrogens is 1. The van der Waals surface area contributed by atoms with Crippen molar-refractivity contribution in [2.75, 3.05) is 6.61 Å². The Labute approximate surface area is 202 Å². The molecule has 182 valence electrons. The van der Waals surface area contributed by atoms with E-state index in [1.807, 2.05) is 54.6 Å². The molecule has 1 aromatic heterocycles. The molecule has 0 aliphatic rings. The molecule has 1 unspecified atom stereocenters. The van der Waals surface area contributed by atoms with Gasteiger partial charge in [-0.3, -0.25) is 14.6 Å². The topological polar surface area (TPSA) is 138 Å². The molecule has 1 amide bonds. The molecule has 0 saturated heterocycles. The standard InChI is InChI=1S/C26H27N3O6/c1-3-35-25(33)16(2)13-20(27-23(30)21-15-22(24(31)32)29-26(34)28-21)14-17-9-11-19(12-10-17)18-7-5-4-6-8-18/h4-12,15-16,20H,3,13-14H2,1-2H3,(H,27,30)(H,31,32)(H,28,29,34)/t16?,20-/m0/s1. The van der Waals surface area contributed by atoms with Crippen LogP contribution in [0.3, 0.4) is 0 Å². The minimum Gasteiger partial charge on any atom is -0.477 e. The van der Waals surface area contributed by atoms with Crippen molar-refractivity contribution >= 4 is 17.8 Å². The van der Waals surface area contributed by atoms with Gasteiger partial charge >= 0.3 is 17.6 Å². The maximum atomic E-state index is 12.9. The molecule has 0 bridgehead atoms. The predicted octanol–water partition coefficient (Wildman–Crippen LogP) is 3.07. The van der Waals surface area contributed by atoms with E-state index in [0.29, 0.717) is 6.42 Å². The molecule has 0 aliphatic heterocycles. The van der Waals surface area contributed by atoms with Gasteiger partial charge in [-0.25, -0.2) is 9.59 Å². The largest absolute Gasteiger partial charge is 0.477 e. The fourth-order valence-corrected chi connectivity index (χ4v) is 3.70. The van der Waals surface area contributed by atoms with Gasteiger partial charge in [0.1, 0.15) is 11.4 Å². The van der Waals surface area contributed by atoms with Crippen molar-refractivity contribution in [2.24, 2.45) is 5.92 Å². The normalized spacial score (nSPS) is 12.4. The van der Waals surface area contributed by atoms with E-state index in [1.165, 1.54) is 0 Å². The molecular formula is C26H27N3O6. The van der Waals surface area contributed by atoms with Gasteiger partial charge in [0.05, 0.1) is 12.5 Å². The number of aromatic nitrogens is 2. The number of ether oxygens (including phenoxy) is 1. The Morgan fingerprint density at radius 2 is 1.71 bits per heavy atom. The molecule has 9 heteroatoms. The Morgan fingerprint density at radius 3 is 2.34 bits per heavy atom. The molecule has 0 spiro atoms. The molecule has 3 N–H and O–H groups in total. The lowest BCUT2D eigenvalue weighted by Gasteiger charge is -2.22. The molecule has 9 nitrogen and oxygen atoms in total. The van der Waals surface area contributed by atoms with Crippen molar-refractivity contribution in [2.45, 2.75) is 32.7 Å². The number of carboxylic acids is 1. The van der Waals surface area contributed by atoms with Crippen molar-refractivity contribution in [1.82, 2.24) is 15.3 Å². The zero-order chi connectivity index (χ0) is 25.4. The third-order valence-corrected chi connectivity index (χ3v) is 5.41. The first-order valence-electron chi connectivity index (χ1n) is 11.2. The maximum absolute atomic E-state index is 12.9. The number of carbonyl (C=O) groups excluding carboxylic acids is 2. The Balaban J connectivity index is 1.81. The highest BCUT2D eigenvalue weighted by atomic mass is 16.5. The van der Waals surface area contributed by atoms with Gasteiger partial charge in [0.2, 0.25) is 0 Å². The van der Waals surface area contributed by atoms with E-state index >= 15 is 0 Å². The zero-order valence-electron chi connectivity index (χ0n) is 19.5. The number of nitrogens with one attached hydrogen (secondary N) is 2. The maximum Gasteiger partial charge on any atom is 0.352 e. The summed E-state index contributed by atoms with van der Waals surface area (Å²) in [6.07, 6.45) is 0.680. The molecule has 3 aromatic rings. The fourth-order valence-electron chi connectivity index (χ4n) is 3.70.